The molecule has 1 aromatic heterocycles. The first-order valence-corrected chi connectivity index (χ1v) is 9.71. The van der Waals surface area contributed by atoms with Crippen LogP contribution in [-0.4, -0.2) is 40.1 Å². The molecular formula is C22H27N3O3. The van der Waals surface area contributed by atoms with Crippen molar-refractivity contribution in [3.05, 3.63) is 65.1 Å². The molecule has 0 aliphatic rings. The van der Waals surface area contributed by atoms with Gasteiger partial charge in [0.25, 0.3) is 0 Å². The minimum absolute atomic E-state index is 0.0277. The molecule has 3 rings (SSSR count). The van der Waals surface area contributed by atoms with Gasteiger partial charge in [0.15, 0.2) is 0 Å². The zero-order valence-corrected chi connectivity index (χ0v) is 16.5. The van der Waals surface area contributed by atoms with E-state index in [9.17, 15) is 9.59 Å². The van der Waals surface area contributed by atoms with Gasteiger partial charge in [0.1, 0.15) is 5.75 Å². The molecular weight excluding hydrogens is 354 g/mol. The van der Waals surface area contributed by atoms with Crippen molar-refractivity contribution in [3.63, 3.8) is 0 Å². The molecule has 6 heteroatoms. The molecule has 3 aromatic rings. The molecule has 0 spiro atoms. The summed E-state index contributed by atoms with van der Waals surface area (Å²) in [6.45, 7) is 4.13. The lowest BCUT2D eigenvalue weighted by molar-refractivity contribution is -0.130. The second kappa shape index (κ2) is 9.26. The van der Waals surface area contributed by atoms with E-state index >= 15 is 0 Å². The van der Waals surface area contributed by atoms with E-state index in [0.29, 0.717) is 32.7 Å². The average Bonchev–Trinajstić information content (AvgIpc) is 3.00. The quantitative estimate of drug-likeness (QED) is 0.535. The number of imidazole rings is 1. The minimum Gasteiger partial charge on any atom is -0.494 e. The lowest BCUT2D eigenvalue weighted by Crippen LogP contribution is -2.31. The van der Waals surface area contributed by atoms with Gasteiger partial charge < -0.3 is 9.64 Å². The maximum atomic E-state index is 12.6. The summed E-state index contributed by atoms with van der Waals surface area (Å²) in [7, 11) is 1.79. The molecule has 148 valence electrons. The molecule has 0 radical (unpaired) electrons. The summed E-state index contributed by atoms with van der Waals surface area (Å²) >= 11 is 0. The van der Waals surface area contributed by atoms with Crippen LogP contribution < -0.4 is 10.4 Å². The number of fused-ring (bicyclic) bond motifs is 1. The number of hydrogen-bond acceptors (Lipinski definition) is 3. The number of ether oxygens (including phenoxy) is 1. The smallest absolute Gasteiger partial charge is 0.329 e. The van der Waals surface area contributed by atoms with E-state index in [-0.39, 0.29) is 11.6 Å². The monoisotopic (exact) mass is 381 g/mol. The lowest BCUT2D eigenvalue weighted by atomic mass is 10.3. The number of carbonyl (C=O) groups is 1. The number of nitrogens with zero attached hydrogens (tertiary/aromatic N) is 3. The maximum Gasteiger partial charge on any atom is 0.329 e. The summed E-state index contributed by atoms with van der Waals surface area (Å²) in [5.74, 6) is 0.864. The van der Waals surface area contributed by atoms with Gasteiger partial charge in [-0.2, -0.15) is 0 Å². The van der Waals surface area contributed by atoms with Crippen molar-refractivity contribution in [2.24, 2.45) is 0 Å². The van der Waals surface area contributed by atoms with E-state index < -0.39 is 0 Å². The third kappa shape index (κ3) is 4.44. The largest absolute Gasteiger partial charge is 0.494 e. The predicted octanol–water partition coefficient (Wildman–Crippen LogP) is 3.14. The fourth-order valence-corrected chi connectivity index (χ4v) is 3.33. The van der Waals surface area contributed by atoms with Crippen LogP contribution in [0.3, 0.4) is 0 Å². The number of rotatable bonds is 9. The SMILES string of the molecule is CCn1c(=O)n(CCC(=O)N(C)CCCOc2ccccc2)c2ccccc21. The van der Waals surface area contributed by atoms with Gasteiger partial charge in [-0.25, -0.2) is 4.79 Å². The Morgan fingerprint density at radius 1 is 1.00 bits per heavy atom. The standard InChI is InChI=1S/C22H27N3O3/c1-3-24-19-12-7-8-13-20(19)25(22(24)27)16-14-21(26)23(2)15-9-17-28-18-10-5-4-6-11-18/h4-8,10-13H,3,9,14-17H2,1-2H3. The molecule has 28 heavy (non-hydrogen) atoms. The van der Waals surface area contributed by atoms with Crippen LogP contribution in [0.2, 0.25) is 0 Å². The normalized spacial score (nSPS) is 10.9. The fourth-order valence-electron chi connectivity index (χ4n) is 3.33. The zero-order valence-electron chi connectivity index (χ0n) is 16.5. The molecule has 0 bridgehead atoms. The van der Waals surface area contributed by atoms with E-state index in [4.69, 9.17) is 4.74 Å². The number of hydrogen-bond donors (Lipinski definition) is 0. The molecule has 0 unspecified atom stereocenters. The number of carbonyl (C=O) groups excluding carboxylic acids is 1. The van der Waals surface area contributed by atoms with Crippen LogP contribution in [0.25, 0.3) is 11.0 Å². The predicted molar refractivity (Wildman–Crippen MR) is 111 cm³/mol. The molecule has 1 amide bonds. The van der Waals surface area contributed by atoms with Crippen molar-refractivity contribution in [1.29, 1.82) is 0 Å². The van der Waals surface area contributed by atoms with Crippen LogP contribution in [0.1, 0.15) is 19.8 Å². The van der Waals surface area contributed by atoms with E-state index in [1.165, 1.54) is 0 Å². The molecule has 6 nitrogen and oxygen atoms in total. The van der Waals surface area contributed by atoms with E-state index in [2.05, 4.69) is 0 Å². The number of aromatic nitrogens is 2. The van der Waals surface area contributed by atoms with Crippen LogP contribution in [0.15, 0.2) is 59.4 Å². The Morgan fingerprint density at radius 2 is 1.64 bits per heavy atom. The Labute approximate surface area is 164 Å². The van der Waals surface area contributed by atoms with Crippen molar-refractivity contribution in [3.8, 4) is 5.75 Å². The first kappa shape index (κ1) is 19.7. The second-order valence-electron chi connectivity index (χ2n) is 6.75. The van der Waals surface area contributed by atoms with Crippen molar-refractivity contribution in [1.82, 2.24) is 14.0 Å². The molecule has 0 saturated heterocycles. The number of amides is 1. The van der Waals surface area contributed by atoms with Crippen LogP contribution >= 0.6 is 0 Å². The Balaban J connectivity index is 1.52. The summed E-state index contributed by atoms with van der Waals surface area (Å²) in [4.78, 5) is 26.8. The van der Waals surface area contributed by atoms with Crippen molar-refractivity contribution in [2.45, 2.75) is 32.9 Å². The van der Waals surface area contributed by atoms with Crippen molar-refractivity contribution >= 4 is 16.9 Å². The number of benzene rings is 2. The van der Waals surface area contributed by atoms with Crippen molar-refractivity contribution < 1.29 is 9.53 Å². The summed E-state index contributed by atoms with van der Waals surface area (Å²) < 4.78 is 9.10. The molecule has 0 saturated carbocycles. The third-order valence-electron chi connectivity index (χ3n) is 4.87. The van der Waals surface area contributed by atoms with Gasteiger partial charge in [0.05, 0.1) is 17.6 Å². The topological polar surface area (TPSA) is 56.5 Å². The lowest BCUT2D eigenvalue weighted by Gasteiger charge is -2.17. The van der Waals surface area contributed by atoms with Gasteiger partial charge in [-0.3, -0.25) is 13.9 Å². The highest BCUT2D eigenvalue weighted by Gasteiger charge is 2.14. The Kier molecular flexibility index (Phi) is 6.53. The highest BCUT2D eigenvalue weighted by Crippen LogP contribution is 2.13. The van der Waals surface area contributed by atoms with Gasteiger partial charge in [-0.05, 0) is 37.6 Å². The molecule has 0 aliphatic heterocycles. The summed E-state index contributed by atoms with van der Waals surface area (Å²) in [6.07, 6.45) is 1.06. The molecule has 0 N–H and O–H groups in total. The average molecular weight is 381 g/mol. The highest BCUT2D eigenvalue weighted by atomic mass is 16.5. The van der Waals surface area contributed by atoms with Gasteiger partial charge in [-0.15, -0.1) is 0 Å². The molecule has 1 heterocycles. The number of para-hydroxylation sites is 3. The van der Waals surface area contributed by atoms with Crippen LogP contribution in [0.5, 0.6) is 5.75 Å². The zero-order chi connectivity index (χ0) is 19.9. The summed E-state index contributed by atoms with van der Waals surface area (Å²) in [6, 6.07) is 17.4. The van der Waals surface area contributed by atoms with Crippen LogP contribution in [-0.2, 0) is 17.9 Å². The second-order valence-corrected chi connectivity index (χ2v) is 6.75. The first-order chi connectivity index (χ1) is 13.6. The first-order valence-electron chi connectivity index (χ1n) is 9.71. The van der Waals surface area contributed by atoms with Crippen LogP contribution in [0, 0.1) is 0 Å². The van der Waals surface area contributed by atoms with Crippen LogP contribution in [0.4, 0.5) is 0 Å². The Morgan fingerprint density at radius 3 is 2.32 bits per heavy atom. The van der Waals surface area contributed by atoms with Gasteiger partial charge in [0.2, 0.25) is 5.91 Å². The van der Waals surface area contributed by atoms with Gasteiger partial charge in [0, 0.05) is 33.1 Å². The van der Waals surface area contributed by atoms with Gasteiger partial charge in [-0.1, -0.05) is 30.3 Å². The minimum atomic E-state index is -0.0598. The van der Waals surface area contributed by atoms with E-state index in [1.54, 1.807) is 21.1 Å². The molecule has 0 aliphatic carbocycles. The molecule has 2 aromatic carbocycles. The third-order valence-corrected chi connectivity index (χ3v) is 4.87. The molecule has 0 atom stereocenters. The summed E-state index contributed by atoms with van der Waals surface area (Å²) in [5, 5.41) is 0. The summed E-state index contributed by atoms with van der Waals surface area (Å²) in [5.41, 5.74) is 1.73. The Bertz CT molecular complexity index is 976. The van der Waals surface area contributed by atoms with E-state index in [1.807, 2.05) is 61.5 Å². The molecule has 0 fully saturated rings. The Hall–Kier alpha value is -3.02. The fraction of sp³-hybridized carbons (Fsp3) is 0.364. The van der Waals surface area contributed by atoms with E-state index in [0.717, 1.165) is 23.2 Å². The highest BCUT2D eigenvalue weighted by molar-refractivity contribution is 5.78. The maximum absolute atomic E-state index is 12.6. The number of aryl methyl sites for hydroxylation is 2. The van der Waals surface area contributed by atoms with Crippen molar-refractivity contribution in [2.75, 3.05) is 20.2 Å². The van der Waals surface area contributed by atoms with Gasteiger partial charge >= 0.3 is 5.69 Å².